The summed E-state index contributed by atoms with van der Waals surface area (Å²) in [6.45, 7) is 2.05. The van der Waals surface area contributed by atoms with E-state index in [9.17, 15) is 0 Å². The minimum atomic E-state index is 0.208. The normalized spacial score (nSPS) is 18.0. The third-order valence-electron chi connectivity index (χ3n) is 3.86. The number of hydrogen-bond acceptors (Lipinski definition) is 2. The number of nitrogens with two attached hydrogens (primary N) is 1. The van der Waals surface area contributed by atoms with E-state index in [2.05, 4.69) is 46.1 Å². The third-order valence-corrected chi connectivity index (χ3v) is 4.60. The lowest BCUT2D eigenvalue weighted by Crippen LogP contribution is -2.28. The van der Waals surface area contributed by atoms with Gasteiger partial charge in [0.2, 0.25) is 0 Å². The standard InChI is InChI=1S/C15H23BrN2/c1-11(17)9-12-7-8-14(10-15(12)16)18(2)13-5-3-4-6-13/h7-8,10-11,13H,3-6,9,17H2,1-2H3. The second kappa shape index (κ2) is 6.07. The van der Waals surface area contributed by atoms with Gasteiger partial charge in [-0.15, -0.1) is 0 Å². The maximum absolute atomic E-state index is 5.86. The predicted octanol–water partition coefficient (Wildman–Crippen LogP) is 3.72. The molecule has 0 aromatic heterocycles. The number of hydrogen-bond donors (Lipinski definition) is 1. The van der Waals surface area contributed by atoms with Gasteiger partial charge < -0.3 is 10.6 Å². The van der Waals surface area contributed by atoms with Gasteiger partial charge in [-0.2, -0.15) is 0 Å². The molecule has 0 radical (unpaired) electrons. The van der Waals surface area contributed by atoms with Crippen molar-refractivity contribution < 1.29 is 0 Å². The van der Waals surface area contributed by atoms with Gasteiger partial charge in [-0.3, -0.25) is 0 Å². The van der Waals surface area contributed by atoms with Crippen LogP contribution in [0.2, 0.25) is 0 Å². The van der Waals surface area contributed by atoms with Crippen LogP contribution in [0.4, 0.5) is 5.69 Å². The highest BCUT2D eigenvalue weighted by Crippen LogP contribution is 2.30. The average Bonchev–Trinajstić information content (AvgIpc) is 2.84. The summed E-state index contributed by atoms with van der Waals surface area (Å²) >= 11 is 3.67. The van der Waals surface area contributed by atoms with E-state index in [1.807, 2.05) is 6.92 Å². The molecule has 2 rings (SSSR count). The number of halogens is 1. The van der Waals surface area contributed by atoms with E-state index in [4.69, 9.17) is 5.73 Å². The van der Waals surface area contributed by atoms with Crippen molar-refractivity contribution in [2.45, 2.75) is 51.1 Å². The first-order valence-electron chi connectivity index (χ1n) is 6.85. The molecule has 1 saturated carbocycles. The van der Waals surface area contributed by atoms with E-state index in [1.54, 1.807) is 0 Å². The van der Waals surface area contributed by atoms with Crippen molar-refractivity contribution >= 4 is 21.6 Å². The summed E-state index contributed by atoms with van der Waals surface area (Å²) < 4.78 is 1.18. The molecular weight excluding hydrogens is 288 g/mol. The summed E-state index contributed by atoms with van der Waals surface area (Å²) in [4.78, 5) is 2.42. The van der Waals surface area contributed by atoms with Crippen molar-refractivity contribution in [2.24, 2.45) is 5.73 Å². The number of benzene rings is 1. The Hall–Kier alpha value is -0.540. The Balaban J connectivity index is 2.12. The fourth-order valence-electron chi connectivity index (χ4n) is 2.77. The van der Waals surface area contributed by atoms with Gasteiger partial charge in [0.25, 0.3) is 0 Å². The molecule has 0 bridgehead atoms. The van der Waals surface area contributed by atoms with Crippen LogP contribution < -0.4 is 10.6 Å². The van der Waals surface area contributed by atoms with Crippen LogP contribution in [-0.4, -0.2) is 19.1 Å². The van der Waals surface area contributed by atoms with E-state index < -0.39 is 0 Å². The molecule has 2 N–H and O–H groups in total. The molecule has 0 spiro atoms. The van der Waals surface area contributed by atoms with Gasteiger partial charge >= 0.3 is 0 Å². The van der Waals surface area contributed by atoms with Gasteiger partial charge in [0.1, 0.15) is 0 Å². The molecule has 3 heteroatoms. The summed E-state index contributed by atoms with van der Waals surface area (Å²) in [5.74, 6) is 0. The Bertz CT molecular complexity index is 397. The molecule has 1 atom stereocenters. The summed E-state index contributed by atoms with van der Waals surface area (Å²) in [6.07, 6.45) is 6.33. The molecule has 100 valence electrons. The SMILES string of the molecule is CC(N)Cc1ccc(N(C)C2CCCC2)cc1Br. The average molecular weight is 311 g/mol. The van der Waals surface area contributed by atoms with Gasteiger partial charge in [-0.05, 0) is 43.9 Å². The van der Waals surface area contributed by atoms with E-state index in [0.717, 1.165) is 12.5 Å². The predicted molar refractivity (Wildman–Crippen MR) is 82.2 cm³/mol. The van der Waals surface area contributed by atoms with Gasteiger partial charge in [0, 0.05) is 29.3 Å². The van der Waals surface area contributed by atoms with E-state index in [0.29, 0.717) is 0 Å². The molecule has 2 nitrogen and oxygen atoms in total. The molecule has 0 saturated heterocycles. The smallest absolute Gasteiger partial charge is 0.0377 e. The highest BCUT2D eigenvalue weighted by atomic mass is 79.9. The second-order valence-corrected chi connectivity index (χ2v) is 6.36. The van der Waals surface area contributed by atoms with Gasteiger partial charge in [-0.25, -0.2) is 0 Å². The zero-order valence-corrected chi connectivity index (χ0v) is 12.9. The van der Waals surface area contributed by atoms with E-state index in [1.165, 1.54) is 41.4 Å². The monoisotopic (exact) mass is 310 g/mol. The van der Waals surface area contributed by atoms with Crippen LogP contribution in [-0.2, 0) is 6.42 Å². The summed E-state index contributed by atoms with van der Waals surface area (Å²) in [7, 11) is 2.21. The van der Waals surface area contributed by atoms with Crippen LogP contribution in [0.1, 0.15) is 38.2 Å². The minimum Gasteiger partial charge on any atom is -0.372 e. The van der Waals surface area contributed by atoms with Crippen LogP contribution in [0.5, 0.6) is 0 Å². The first kappa shape index (κ1) is 13.9. The number of rotatable bonds is 4. The maximum atomic E-state index is 5.86. The van der Waals surface area contributed by atoms with Crippen molar-refractivity contribution in [1.82, 2.24) is 0 Å². The first-order valence-corrected chi connectivity index (χ1v) is 7.64. The summed E-state index contributed by atoms with van der Waals surface area (Å²) in [6, 6.07) is 7.58. The van der Waals surface area contributed by atoms with E-state index in [-0.39, 0.29) is 6.04 Å². The Kier molecular flexibility index (Phi) is 4.68. The fourth-order valence-corrected chi connectivity index (χ4v) is 3.30. The molecule has 1 aromatic rings. The highest BCUT2D eigenvalue weighted by molar-refractivity contribution is 9.10. The topological polar surface area (TPSA) is 29.3 Å². The molecule has 0 heterocycles. The zero-order valence-electron chi connectivity index (χ0n) is 11.3. The lowest BCUT2D eigenvalue weighted by Gasteiger charge is -2.27. The second-order valence-electron chi connectivity index (χ2n) is 5.51. The molecule has 0 aliphatic heterocycles. The zero-order chi connectivity index (χ0) is 13.1. The van der Waals surface area contributed by atoms with Crippen molar-refractivity contribution in [1.29, 1.82) is 0 Å². The summed E-state index contributed by atoms with van der Waals surface area (Å²) in [5, 5.41) is 0. The van der Waals surface area contributed by atoms with Crippen LogP contribution in [0.15, 0.2) is 22.7 Å². The van der Waals surface area contributed by atoms with E-state index >= 15 is 0 Å². The van der Waals surface area contributed by atoms with Crippen molar-refractivity contribution in [3.05, 3.63) is 28.2 Å². The molecule has 0 amide bonds. The van der Waals surface area contributed by atoms with Gasteiger partial charge in [-0.1, -0.05) is 34.8 Å². The Morgan fingerprint density at radius 3 is 2.61 bits per heavy atom. The molecule has 1 fully saturated rings. The lowest BCUT2D eigenvalue weighted by molar-refractivity contribution is 0.653. The fraction of sp³-hybridized carbons (Fsp3) is 0.600. The summed E-state index contributed by atoms with van der Waals surface area (Å²) in [5.41, 5.74) is 8.47. The van der Waals surface area contributed by atoms with Crippen molar-refractivity contribution in [3.63, 3.8) is 0 Å². The largest absolute Gasteiger partial charge is 0.372 e. The molecule has 1 unspecified atom stereocenters. The van der Waals surface area contributed by atoms with Crippen LogP contribution in [0, 0.1) is 0 Å². The molecule has 1 aromatic carbocycles. The number of nitrogens with zero attached hydrogens (tertiary/aromatic N) is 1. The van der Waals surface area contributed by atoms with Gasteiger partial charge in [0.15, 0.2) is 0 Å². The van der Waals surface area contributed by atoms with Crippen LogP contribution in [0.25, 0.3) is 0 Å². The quantitative estimate of drug-likeness (QED) is 0.918. The number of anilines is 1. The van der Waals surface area contributed by atoms with Crippen molar-refractivity contribution in [2.75, 3.05) is 11.9 Å². The maximum Gasteiger partial charge on any atom is 0.0377 e. The van der Waals surface area contributed by atoms with Gasteiger partial charge in [0.05, 0.1) is 0 Å². The lowest BCUT2D eigenvalue weighted by atomic mass is 10.1. The molecular formula is C15H23BrN2. The minimum absolute atomic E-state index is 0.208. The van der Waals surface area contributed by atoms with Crippen LogP contribution in [0.3, 0.4) is 0 Å². The third kappa shape index (κ3) is 3.27. The first-order chi connectivity index (χ1) is 8.58. The molecule has 18 heavy (non-hydrogen) atoms. The van der Waals surface area contributed by atoms with Crippen molar-refractivity contribution in [3.8, 4) is 0 Å². The molecule has 1 aliphatic rings. The van der Waals surface area contributed by atoms with Crippen LogP contribution >= 0.6 is 15.9 Å². The Morgan fingerprint density at radius 1 is 1.39 bits per heavy atom. The Morgan fingerprint density at radius 2 is 2.06 bits per heavy atom. The Labute approximate surface area is 119 Å². The molecule has 1 aliphatic carbocycles. The highest BCUT2D eigenvalue weighted by Gasteiger charge is 2.20.